The molecule has 0 aromatic heterocycles. The van der Waals surface area contributed by atoms with Crippen molar-refractivity contribution in [3.05, 3.63) is 109 Å². The van der Waals surface area contributed by atoms with Gasteiger partial charge in [0.05, 0.1) is 0 Å². The summed E-state index contributed by atoms with van der Waals surface area (Å²) >= 11 is 0. The van der Waals surface area contributed by atoms with Crippen LogP contribution in [-0.4, -0.2) is 37.2 Å². The van der Waals surface area contributed by atoms with Gasteiger partial charge in [0.2, 0.25) is 0 Å². The number of rotatable bonds is 58. The quantitative estimate of drug-likeness (QED) is 0.0261. The number of carbonyl (C=O) groups is 3. The minimum absolute atomic E-state index is 0.0878. The molecule has 440 valence electrons. The Morgan fingerprint density at radius 2 is 0.506 bits per heavy atom. The Hall–Kier alpha value is -3.93. The normalized spacial score (nSPS) is 12.8. The fraction of sp³-hybridized carbons (Fsp3) is 0.704. The Morgan fingerprint density at radius 1 is 0.273 bits per heavy atom. The fourth-order valence-electron chi connectivity index (χ4n) is 8.95. The molecule has 0 heterocycles. The summed E-state index contributed by atoms with van der Waals surface area (Å²) in [5.74, 6) is -0.903. The van der Waals surface area contributed by atoms with Gasteiger partial charge in [-0.1, -0.05) is 271 Å². The third-order valence-electron chi connectivity index (χ3n) is 13.7. The molecule has 6 nitrogen and oxygen atoms in total. The third kappa shape index (κ3) is 62.8. The Bertz CT molecular complexity index is 1560. The highest BCUT2D eigenvalue weighted by Crippen LogP contribution is 2.16. The lowest BCUT2D eigenvalue weighted by Gasteiger charge is -2.18. The molecule has 0 bridgehead atoms. The molecule has 0 saturated heterocycles. The van der Waals surface area contributed by atoms with E-state index in [2.05, 4.69) is 130 Å². The molecule has 0 radical (unpaired) electrons. The standard InChI is InChI=1S/C71H120O6/c1-4-7-10-13-16-19-22-25-28-31-34-35-38-40-43-46-49-52-55-58-61-64-70(73)76-67-68(77-71(74)65-62-59-56-53-50-47-44-41-37-33-30-27-24-21-18-15-12-9-6-3)66-75-69(72)63-60-57-54-51-48-45-42-39-36-32-29-26-23-20-17-14-11-8-5-2/h7,9-10,12,16,18-19,21,25-30,34-35,37,41,68H,4-6,8,11,13-15,17,20,22-24,31-33,36,38-40,42-67H2,1-3H3/b10-7-,12-9-,19-16-,21-18-,28-25-,29-26-,30-27-,35-34-,41-37-. The number of hydrogen-bond acceptors (Lipinski definition) is 6. The van der Waals surface area contributed by atoms with E-state index in [1.165, 1.54) is 135 Å². The summed E-state index contributed by atoms with van der Waals surface area (Å²) in [4.78, 5) is 38.4. The van der Waals surface area contributed by atoms with Crippen LogP contribution in [0.5, 0.6) is 0 Å². The predicted octanol–water partition coefficient (Wildman–Crippen LogP) is 22.2. The maximum absolute atomic E-state index is 12.9. The van der Waals surface area contributed by atoms with Gasteiger partial charge in [-0.15, -0.1) is 0 Å². The highest BCUT2D eigenvalue weighted by molar-refractivity contribution is 5.71. The topological polar surface area (TPSA) is 78.9 Å². The lowest BCUT2D eigenvalue weighted by atomic mass is 10.1. The highest BCUT2D eigenvalue weighted by Gasteiger charge is 2.19. The molecule has 0 amide bonds. The molecule has 0 aliphatic heterocycles. The molecule has 77 heavy (non-hydrogen) atoms. The van der Waals surface area contributed by atoms with E-state index in [0.29, 0.717) is 19.3 Å². The van der Waals surface area contributed by atoms with Gasteiger partial charge in [0.25, 0.3) is 0 Å². The van der Waals surface area contributed by atoms with Gasteiger partial charge >= 0.3 is 17.9 Å². The van der Waals surface area contributed by atoms with Crippen molar-refractivity contribution in [1.29, 1.82) is 0 Å². The van der Waals surface area contributed by atoms with Crippen LogP contribution in [0.25, 0.3) is 0 Å². The van der Waals surface area contributed by atoms with Gasteiger partial charge < -0.3 is 14.2 Å². The van der Waals surface area contributed by atoms with Crippen LogP contribution in [0.4, 0.5) is 0 Å². The van der Waals surface area contributed by atoms with Gasteiger partial charge in [0.1, 0.15) is 13.2 Å². The zero-order valence-electron chi connectivity index (χ0n) is 50.4. The minimum Gasteiger partial charge on any atom is -0.462 e. The van der Waals surface area contributed by atoms with Crippen molar-refractivity contribution in [3.8, 4) is 0 Å². The molecule has 0 aliphatic rings. The van der Waals surface area contributed by atoms with Gasteiger partial charge in [0, 0.05) is 19.3 Å². The summed E-state index contributed by atoms with van der Waals surface area (Å²) < 4.78 is 16.9. The zero-order chi connectivity index (χ0) is 55.7. The number of allylic oxidation sites excluding steroid dienone is 18. The molecule has 0 saturated carbocycles. The maximum atomic E-state index is 12.9. The van der Waals surface area contributed by atoms with Crippen molar-refractivity contribution in [2.24, 2.45) is 0 Å². The van der Waals surface area contributed by atoms with Gasteiger partial charge in [-0.2, -0.15) is 0 Å². The van der Waals surface area contributed by atoms with E-state index in [0.717, 1.165) is 128 Å². The second-order valence-corrected chi connectivity index (χ2v) is 21.3. The predicted molar refractivity (Wildman–Crippen MR) is 334 cm³/mol. The Balaban J connectivity index is 4.43. The van der Waals surface area contributed by atoms with Crippen LogP contribution in [0.3, 0.4) is 0 Å². The molecule has 1 atom stereocenters. The van der Waals surface area contributed by atoms with Crippen molar-refractivity contribution in [2.75, 3.05) is 13.2 Å². The molecule has 6 heteroatoms. The lowest BCUT2D eigenvalue weighted by Crippen LogP contribution is -2.30. The first kappa shape index (κ1) is 73.1. The van der Waals surface area contributed by atoms with Crippen LogP contribution >= 0.6 is 0 Å². The first-order valence-electron chi connectivity index (χ1n) is 32.4. The van der Waals surface area contributed by atoms with Crippen molar-refractivity contribution in [1.82, 2.24) is 0 Å². The van der Waals surface area contributed by atoms with E-state index in [1.807, 2.05) is 0 Å². The molecule has 0 aromatic rings. The van der Waals surface area contributed by atoms with E-state index >= 15 is 0 Å². The van der Waals surface area contributed by atoms with Crippen LogP contribution in [0, 0.1) is 0 Å². The Kier molecular flexibility index (Phi) is 61.3. The number of esters is 3. The Morgan fingerprint density at radius 3 is 0.805 bits per heavy atom. The summed E-state index contributed by atoms with van der Waals surface area (Å²) in [6.07, 6.45) is 88.0. The molecular formula is C71H120O6. The van der Waals surface area contributed by atoms with E-state index in [9.17, 15) is 14.4 Å². The molecule has 0 fully saturated rings. The summed E-state index contributed by atoms with van der Waals surface area (Å²) in [5.41, 5.74) is 0. The molecule has 0 aromatic carbocycles. The highest BCUT2D eigenvalue weighted by atomic mass is 16.6. The third-order valence-corrected chi connectivity index (χ3v) is 13.7. The fourth-order valence-corrected chi connectivity index (χ4v) is 8.95. The van der Waals surface area contributed by atoms with Crippen molar-refractivity contribution >= 4 is 17.9 Å². The molecular weight excluding hydrogens is 949 g/mol. The number of ether oxygens (including phenoxy) is 3. The van der Waals surface area contributed by atoms with Gasteiger partial charge in [0.15, 0.2) is 6.10 Å². The average molecular weight is 1070 g/mol. The van der Waals surface area contributed by atoms with Gasteiger partial charge in [-0.3, -0.25) is 14.4 Å². The minimum atomic E-state index is -0.794. The van der Waals surface area contributed by atoms with Crippen molar-refractivity contribution in [3.63, 3.8) is 0 Å². The van der Waals surface area contributed by atoms with Gasteiger partial charge in [-0.25, -0.2) is 0 Å². The summed E-state index contributed by atoms with van der Waals surface area (Å²) in [6, 6.07) is 0. The lowest BCUT2D eigenvalue weighted by molar-refractivity contribution is -0.167. The van der Waals surface area contributed by atoms with Crippen LogP contribution in [0.1, 0.15) is 303 Å². The second-order valence-electron chi connectivity index (χ2n) is 21.3. The van der Waals surface area contributed by atoms with E-state index < -0.39 is 6.10 Å². The van der Waals surface area contributed by atoms with Crippen LogP contribution < -0.4 is 0 Å². The average Bonchev–Trinajstić information content (AvgIpc) is 3.43. The van der Waals surface area contributed by atoms with Crippen LogP contribution in [0.15, 0.2) is 109 Å². The maximum Gasteiger partial charge on any atom is 0.306 e. The monoisotopic (exact) mass is 1070 g/mol. The summed E-state index contributed by atoms with van der Waals surface area (Å²) in [5, 5.41) is 0. The summed E-state index contributed by atoms with van der Waals surface area (Å²) in [7, 11) is 0. The smallest absolute Gasteiger partial charge is 0.306 e. The molecule has 1 unspecified atom stereocenters. The second kappa shape index (κ2) is 64.6. The van der Waals surface area contributed by atoms with Crippen molar-refractivity contribution < 1.29 is 28.6 Å². The zero-order valence-corrected chi connectivity index (χ0v) is 50.4. The molecule has 0 N–H and O–H groups in total. The number of hydrogen-bond donors (Lipinski definition) is 0. The van der Waals surface area contributed by atoms with E-state index in [-0.39, 0.29) is 31.1 Å². The van der Waals surface area contributed by atoms with Crippen molar-refractivity contribution in [2.45, 2.75) is 309 Å². The van der Waals surface area contributed by atoms with E-state index in [4.69, 9.17) is 14.2 Å². The number of unbranched alkanes of at least 4 members (excludes halogenated alkanes) is 29. The Labute approximate surface area is 476 Å². The van der Waals surface area contributed by atoms with Gasteiger partial charge in [-0.05, 0) is 122 Å². The SMILES string of the molecule is CC/C=C\C/C=C\C/C=C\C/C=C\CCCCCCCCCCC(=O)OCC(COC(=O)CCCCCCCCCCC/C=C\CCCCCCCC)OC(=O)CCCCCCCC/C=C\C/C=C\C/C=C\C/C=C\CC. The summed E-state index contributed by atoms with van der Waals surface area (Å²) in [6.45, 7) is 6.42. The van der Waals surface area contributed by atoms with Crippen LogP contribution in [0.2, 0.25) is 0 Å². The molecule has 0 aliphatic carbocycles. The van der Waals surface area contributed by atoms with E-state index in [1.54, 1.807) is 0 Å². The first-order chi connectivity index (χ1) is 38.0. The first-order valence-corrected chi connectivity index (χ1v) is 32.4. The largest absolute Gasteiger partial charge is 0.462 e. The molecule has 0 spiro atoms. The van der Waals surface area contributed by atoms with Crippen LogP contribution in [-0.2, 0) is 28.6 Å². The molecule has 0 rings (SSSR count). The number of carbonyl (C=O) groups excluding carboxylic acids is 3.